The lowest BCUT2D eigenvalue weighted by atomic mass is 9.76. The Morgan fingerprint density at radius 1 is 0.958 bits per heavy atom. The molecule has 0 radical (unpaired) electrons. The Labute approximate surface area is 289 Å². The monoisotopic (exact) mass is 704 g/mol. The molecule has 1 unspecified atom stereocenters. The fourth-order valence-corrected chi connectivity index (χ4v) is 6.92. The van der Waals surface area contributed by atoms with Crippen molar-refractivity contribution < 1.29 is 32.3 Å². The van der Waals surface area contributed by atoms with Gasteiger partial charge in [-0.1, -0.05) is 96.5 Å². The van der Waals surface area contributed by atoms with Crippen LogP contribution >= 0.6 is 11.6 Å². The van der Waals surface area contributed by atoms with Gasteiger partial charge in [-0.2, -0.15) is 0 Å². The second-order valence-electron chi connectivity index (χ2n) is 13.7. The van der Waals surface area contributed by atoms with Crippen molar-refractivity contribution in [2.24, 2.45) is 11.3 Å². The van der Waals surface area contributed by atoms with E-state index in [1.54, 1.807) is 14.1 Å². The van der Waals surface area contributed by atoms with Crippen molar-refractivity contribution in [1.29, 1.82) is 0 Å². The highest BCUT2D eigenvalue weighted by Gasteiger charge is 2.41. The van der Waals surface area contributed by atoms with Gasteiger partial charge in [0.1, 0.15) is 10.9 Å². The zero-order valence-corrected chi connectivity index (χ0v) is 31.2. The fraction of sp³-hybridized carbons (Fsp3) is 0.486. The Morgan fingerprint density at radius 3 is 2.04 bits per heavy atom. The number of nitrogens with zero attached hydrogens (tertiary/aromatic N) is 1. The summed E-state index contributed by atoms with van der Waals surface area (Å²) >= 11 is 6.11. The zero-order chi connectivity index (χ0) is 36.8. The summed E-state index contributed by atoms with van der Waals surface area (Å²) in [6.07, 6.45) is 1.51. The van der Waals surface area contributed by atoms with Gasteiger partial charge in [0, 0.05) is 18.0 Å². The summed E-state index contributed by atoms with van der Waals surface area (Å²) < 4.78 is 32.9. The molecule has 0 heterocycles. The molecule has 0 saturated carbocycles. The predicted molar refractivity (Wildman–Crippen MR) is 187 cm³/mol. The molecule has 2 aromatic rings. The molecule has 3 amide bonds. The number of likely N-dealkylation sites (N-methyl/N-ethyl adjacent to an activating group) is 2. The third-order valence-corrected chi connectivity index (χ3v) is 10.1. The Hall–Kier alpha value is -3.74. The molecule has 0 aliphatic rings. The minimum atomic E-state index is -4.50. The van der Waals surface area contributed by atoms with E-state index in [1.807, 2.05) is 83.5 Å². The minimum Gasteiger partial charge on any atom is -0.465 e. The van der Waals surface area contributed by atoms with Crippen molar-refractivity contribution in [3.8, 4) is 0 Å². The van der Waals surface area contributed by atoms with Crippen LogP contribution in [0.1, 0.15) is 71.3 Å². The van der Waals surface area contributed by atoms with E-state index in [-0.39, 0.29) is 33.9 Å². The van der Waals surface area contributed by atoms with Crippen LogP contribution in [0.3, 0.4) is 0 Å². The van der Waals surface area contributed by atoms with Crippen LogP contribution in [0.25, 0.3) is 0 Å². The largest absolute Gasteiger partial charge is 0.465 e. The molecule has 48 heavy (non-hydrogen) atoms. The van der Waals surface area contributed by atoms with Gasteiger partial charge < -0.3 is 20.3 Å². The summed E-state index contributed by atoms with van der Waals surface area (Å²) in [5.41, 5.74) is -0.397. The average molecular weight is 705 g/mol. The summed E-state index contributed by atoms with van der Waals surface area (Å²) in [5, 5.41) is 5.91. The molecule has 0 aromatic heterocycles. The van der Waals surface area contributed by atoms with Crippen molar-refractivity contribution in [2.75, 3.05) is 21.2 Å². The molecule has 2 rings (SSSR count). The number of halogens is 1. The topological polar surface area (TPSA) is 151 Å². The average Bonchev–Trinajstić information content (AvgIpc) is 3.01. The molecule has 0 aliphatic carbocycles. The number of rotatable bonds is 13. The van der Waals surface area contributed by atoms with Gasteiger partial charge in [-0.15, -0.1) is 0 Å². The highest BCUT2D eigenvalue weighted by atomic mass is 35.5. The normalized spacial score (nSPS) is 14.5. The lowest BCUT2D eigenvalue weighted by molar-refractivity contribution is -0.140. The third kappa shape index (κ3) is 9.67. The zero-order valence-electron chi connectivity index (χ0n) is 29.6. The Balaban J connectivity index is 2.37. The van der Waals surface area contributed by atoms with Crippen molar-refractivity contribution >= 4 is 45.3 Å². The highest BCUT2D eigenvalue weighted by Crippen LogP contribution is 2.29. The van der Waals surface area contributed by atoms with Crippen molar-refractivity contribution in [3.63, 3.8) is 0 Å². The van der Waals surface area contributed by atoms with Gasteiger partial charge >= 0.3 is 5.97 Å². The Morgan fingerprint density at radius 2 is 1.54 bits per heavy atom. The van der Waals surface area contributed by atoms with E-state index in [9.17, 15) is 27.6 Å². The number of nitrogens with one attached hydrogen (secondary N) is 3. The van der Waals surface area contributed by atoms with Crippen molar-refractivity contribution in [3.05, 3.63) is 76.3 Å². The molecule has 2 aromatic carbocycles. The number of hydrogen-bond acceptors (Lipinski definition) is 8. The van der Waals surface area contributed by atoms with Gasteiger partial charge in [-0.3, -0.25) is 14.4 Å². The molecule has 3 N–H and O–H groups in total. The van der Waals surface area contributed by atoms with Gasteiger partial charge in [-0.25, -0.2) is 17.9 Å². The SMILES string of the molecule is CN[C@H](C(=O)NC(C(=O)N(C)[C@H](/C=C(\C)C(=O)NS(=O)(=O)c1cc(C(=O)OC)ccc1Cl)C(C)C)C(C)(C)C)C(C)(C)c1ccccc1. The summed E-state index contributed by atoms with van der Waals surface area (Å²) in [6.45, 7) is 14.6. The van der Waals surface area contributed by atoms with E-state index >= 15 is 0 Å². The predicted octanol–water partition coefficient (Wildman–Crippen LogP) is 4.46. The first-order valence-electron chi connectivity index (χ1n) is 15.5. The lowest BCUT2D eigenvalue weighted by Crippen LogP contribution is -2.61. The number of sulfonamides is 1. The summed E-state index contributed by atoms with van der Waals surface area (Å²) in [6, 6.07) is 10.9. The molecular formula is C35H49ClN4O7S. The van der Waals surface area contributed by atoms with Gasteiger partial charge in [0.15, 0.2) is 0 Å². The molecule has 13 heteroatoms. The number of carbonyl (C=O) groups is 4. The smallest absolute Gasteiger partial charge is 0.337 e. The summed E-state index contributed by atoms with van der Waals surface area (Å²) in [4.78, 5) is 54.0. The van der Waals surface area contributed by atoms with Crippen LogP contribution in [0.5, 0.6) is 0 Å². The van der Waals surface area contributed by atoms with E-state index in [0.717, 1.165) is 18.7 Å². The molecular weight excluding hydrogens is 656 g/mol. The van der Waals surface area contributed by atoms with E-state index in [0.29, 0.717) is 0 Å². The standard InChI is InChI=1S/C35H49ClN4O7S/c1-21(2)26(19-22(3)30(41)39-48(45,46)27-20-23(33(44)47-11)17-18-25(27)36)40(10)32(43)29(34(4,5)6)38-31(42)28(37-9)35(7,8)24-15-13-12-14-16-24/h12-21,26,28-29,37H,1-11H3,(H,38,42)(H,39,41)/b22-19+/t26-,28-,29?/m1/s1. The Kier molecular flexibility index (Phi) is 13.6. The Bertz CT molecular complexity index is 1630. The molecule has 0 fully saturated rings. The van der Waals surface area contributed by atoms with E-state index in [2.05, 4.69) is 15.4 Å². The molecule has 264 valence electrons. The van der Waals surface area contributed by atoms with Gasteiger partial charge in [0.2, 0.25) is 11.8 Å². The minimum absolute atomic E-state index is 0.0216. The van der Waals surface area contributed by atoms with Crippen LogP contribution in [0.15, 0.2) is 65.1 Å². The number of carbonyl (C=O) groups excluding carboxylic acids is 4. The van der Waals surface area contributed by atoms with E-state index in [1.165, 1.54) is 30.0 Å². The molecule has 11 nitrogen and oxygen atoms in total. The number of methoxy groups -OCH3 is 1. The first-order valence-corrected chi connectivity index (χ1v) is 17.4. The number of esters is 1. The van der Waals surface area contributed by atoms with Gasteiger partial charge in [-0.05, 0) is 49.1 Å². The molecule has 0 aliphatic heterocycles. The maximum absolute atomic E-state index is 14.1. The van der Waals surface area contributed by atoms with Crippen LogP contribution in [-0.2, 0) is 34.6 Å². The van der Waals surface area contributed by atoms with E-state index < -0.39 is 55.8 Å². The first kappa shape index (κ1) is 40.4. The van der Waals surface area contributed by atoms with Crippen LogP contribution < -0.4 is 15.4 Å². The van der Waals surface area contributed by atoms with Crippen molar-refractivity contribution in [2.45, 2.75) is 83.8 Å². The molecule has 3 atom stereocenters. The highest BCUT2D eigenvalue weighted by molar-refractivity contribution is 7.90. The lowest BCUT2D eigenvalue weighted by Gasteiger charge is -2.40. The fourth-order valence-electron chi connectivity index (χ4n) is 5.37. The maximum Gasteiger partial charge on any atom is 0.337 e. The third-order valence-electron chi connectivity index (χ3n) is 8.32. The van der Waals surface area contributed by atoms with Crippen molar-refractivity contribution in [1.82, 2.24) is 20.3 Å². The second kappa shape index (κ2) is 16.1. The number of benzene rings is 2. The molecule has 0 saturated heterocycles. The maximum atomic E-state index is 14.1. The van der Waals surface area contributed by atoms with E-state index in [4.69, 9.17) is 11.6 Å². The number of hydrogen-bond donors (Lipinski definition) is 3. The van der Waals surface area contributed by atoms with Crippen LogP contribution in [0.4, 0.5) is 0 Å². The van der Waals surface area contributed by atoms with Gasteiger partial charge in [0.25, 0.3) is 15.9 Å². The summed E-state index contributed by atoms with van der Waals surface area (Å²) in [5.74, 6) is -2.65. The quantitative estimate of drug-likeness (QED) is 0.204. The van der Waals surface area contributed by atoms with Crippen LogP contribution in [0.2, 0.25) is 5.02 Å². The van der Waals surface area contributed by atoms with Crippen LogP contribution in [0, 0.1) is 11.3 Å². The second-order valence-corrected chi connectivity index (χ2v) is 15.8. The van der Waals surface area contributed by atoms with Gasteiger partial charge in [0.05, 0.1) is 29.8 Å². The van der Waals surface area contributed by atoms with Crippen LogP contribution in [-0.4, -0.2) is 76.3 Å². The molecule has 0 spiro atoms. The first-order chi connectivity index (χ1) is 22.1. The number of ether oxygens (including phenoxy) is 1. The molecule has 0 bridgehead atoms. The number of amides is 3. The summed E-state index contributed by atoms with van der Waals surface area (Å²) in [7, 11) is -0.0632.